The van der Waals surface area contributed by atoms with Gasteiger partial charge in [0.1, 0.15) is 0 Å². The van der Waals surface area contributed by atoms with Crippen molar-refractivity contribution in [1.29, 1.82) is 0 Å². The molecule has 1 N–H and O–H groups in total. The van der Waals surface area contributed by atoms with E-state index in [4.69, 9.17) is 9.47 Å². The number of hydrogen-bond acceptors (Lipinski definition) is 4. The maximum atomic E-state index is 6.16. The van der Waals surface area contributed by atoms with E-state index in [0.29, 0.717) is 12.0 Å². The van der Waals surface area contributed by atoms with E-state index >= 15 is 0 Å². The minimum absolute atomic E-state index is 0.0694. The van der Waals surface area contributed by atoms with Gasteiger partial charge in [-0.05, 0) is 66.0 Å². The molecule has 5 heteroatoms. The molecule has 2 atom stereocenters. The molecule has 2 fully saturated rings. The number of halogens is 1. The zero-order chi connectivity index (χ0) is 14.0. The highest BCUT2D eigenvalue weighted by Gasteiger charge is 2.41. The summed E-state index contributed by atoms with van der Waals surface area (Å²) in [7, 11) is 2.07. The predicted molar refractivity (Wildman–Crippen MR) is 85.3 cm³/mol. The van der Waals surface area contributed by atoms with Crippen molar-refractivity contribution in [2.24, 2.45) is 5.92 Å². The Kier molecular flexibility index (Phi) is 4.82. The van der Waals surface area contributed by atoms with Crippen LogP contribution in [0.5, 0.6) is 0 Å². The fourth-order valence-electron chi connectivity index (χ4n) is 3.55. The van der Waals surface area contributed by atoms with E-state index in [1.807, 2.05) is 11.3 Å². The van der Waals surface area contributed by atoms with Gasteiger partial charge in [0.05, 0.1) is 5.60 Å². The Hall–Kier alpha value is 0.0600. The van der Waals surface area contributed by atoms with Crippen molar-refractivity contribution >= 4 is 27.3 Å². The van der Waals surface area contributed by atoms with Crippen molar-refractivity contribution in [3.8, 4) is 0 Å². The van der Waals surface area contributed by atoms with E-state index in [-0.39, 0.29) is 5.60 Å². The summed E-state index contributed by atoms with van der Waals surface area (Å²) < 4.78 is 12.9. The minimum atomic E-state index is 0.0694. The summed E-state index contributed by atoms with van der Waals surface area (Å²) in [5.41, 5.74) is 0.0694. The summed E-state index contributed by atoms with van der Waals surface area (Å²) in [6.45, 7) is 2.57. The molecule has 0 aromatic carbocycles. The van der Waals surface area contributed by atoms with Gasteiger partial charge in [-0.3, -0.25) is 0 Å². The molecule has 2 aliphatic rings. The smallest absolute Gasteiger partial charge is 0.0729 e. The third-order valence-electron chi connectivity index (χ3n) is 4.64. The maximum Gasteiger partial charge on any atom is 0.0729 e. The van der Waals surface area contributed by atoms with Gasteiger partial charge in [-0.2, -0.15) is 0 Å². The fraction of sp³-hybridized carbons (Fsp3) is 0.733. The zero-order valence-electron chi connectivity index (χ0n) is 11.9. The van der Waals surface area contributed by atoms with Crippen molar-refractivity contribution in [2.75, 3.05) is 26.9 Å². The second-order valence-corrected chi connectivity index (χ2v) is 7.60. The highest BCUT2D eigenvalue weighted by atomic mass is 79.9. The molecule has 2 aliphatic heterocycles. The van der Waals surface area contributed by atoms with Gasteiger partial charge < -0.3 is 14.8 Å². The van der Waals surface area contributed by atoms with Crippen molar-refractivity contribution in [2.45, 2.75) is 37.3 Å². The van der Waals surface area contributed by atoms with E-state index in [2.05, 4.69) is 39.7 Å². The van der Waals surface area contributed by atoms with Crippen LogP contribution in [0, 0.1) is 5.92 Å². The second kappa shape index (κ2) is 6.44. The lowest BCUT2D eigenvalue weighted by molar-refractivity contribution is -0.150. The third kappa shape index (κ3) is 2.97. The molecule has 0 bridgehead atoms. The number of rotatable bonds is 3. The molecule has 3 nitrogen and oxygen atoms in total. The Morgan fingerprint density at radius 3 is 2.85 bits per heavy atom. The van der Waals surface area contributed by atoms with Gasteiger partial charge in [0, 0.05) is 35.2 Å². The molecule has 2 saturated heterocycles. The van der Waals surface area contributed by atoms with Crippen LogP contribution in [0.15, 0.2) is 15.9 Å². The number of nitrogens with one attached hydrogen (secondary N) is 1. The van der Waals surface area contributed by atoms with Crippen LogP contribution in [-0.2, 0) is 9.47 Å². The van der Waals surface area contributed by atoms with Gasteiger partial charge in [0.15, 0.2) is 0 Å². The highest BCUT2D eigenvalue weighted by molar-refractivity contribution is 9.10. The summed E-state index contributed by atoms with van der Waals surface area (Å²) in [5.74, 6) is 0.641. The molecule has 112 valence electrons. The first-order valence-electron chi connectivity index (χ1n) is 7.36. The van der Waals surface area contributed by atoms with Crippen LogP contribution in [0.3, 0.4) is 0 Å². The lowest BCUT2D eigenvalue weighted by Crippen LogP contribution is -2.46. The highest BCUT2D eigenvalue weighted by Crippen LogP contribution is 2.44. The van der Waals surface area contributed by atoms with Crippen molar-refractivity contribution in [1.82, 2.24) is 5.32 Å². The van der Waals surface area contributed by atoms with Crippen molar-refractivity contribution in [3.05, 3.63) is 20.8 Å². The SMILES string of the molecule is CNC(c1sccc1Br)C1CCOC2(CCOCC2)C1. The normalized spacial score (nSPS) is 27.6. The first-order valence-corrected chi connectivity index (χ1v) is 9.03. The van der Waals surface area contributed by atoms with Gasteiger partial charge in [0.2, 0.25) is 0 Å². The summed E-state index contributed by atoms with van der Waals surface area (Å²) in [4.78, 5) is 1.42. The molecular weight excluding hydrogens is 338 g/mol. The molecule has 0 radical (unpaired) electrons. The standard InChI is InChI=1S/C15H22BrNO2S/c1-17-13(14-12(16)3-9-20-14)11-2-6-19-15(10-11)4-7-18-8-5-15/h3,9,11,13,17H,2,4-8,10H2,1H3. The van der Waals surface area contributed by atoms with E-state index in [9.17, 15) is 0 Å². The summed E-state index contributed by atoms with van der Waals surface area (Å²) in [6, 6.07) is 2.57. The van der Waals surface area contributed by atoms with Gasteiger partial charge in [-0.15, -0.1) is 11.3 Å². The predicted octanol–water partition coefficient (Wildman–Crippen LogP) is 3.75. The van der Waals surface area contributed by atoms with Crippen molar-refractivity contribution < 1.29 is 9.47 Å². The van der Waals surface area contributed by atoms with E-state index in [1.165, 1.54) is 9.35 Å². The number of hydrogen-bond donors (Lipinski definition) is 1. The van der Waals surface area contributed by atoms with Crippen LogP contribution in [0.1, 0.15) is 36.6 Å². The summed E-state index contributed by atoms with van der Waals surface area (Å²) >= 11 is 5.52. The Morgan fingerprint density at radius 1 is 1.40 bits per heavy atom. The molecule has 0 saturated carbocycles. The molecule has 0 aliphatic carbocycles. The first kappa shape index (κ1) is 15.0. The van der Waals surface area contributed by atoms with E-state index in [1.54, 1.807) is 0 Å². The van der Waals surface area contributed by atoms with Gasteiger partial charge in [-0.25, -0.2) is 0 Å². The van der Waals surface area contributed by atoms with Crippen LogP contribution in [0.2, 0.25) is 0 Å². The minimum Gasteiger partial charge on any atom is -0.381 e. The molecular formula is C15H22BrNO2S. The number of ether oxygens (including phenoxy) is 2. The molecule has 2 unspecified atom stereocenters. The molecule has 0 amide bonds. The molecule has 3 heterocycles. The Bertz CT molecular complexity index is 439. The Labute approximate surface area is 133 Å². The molecule has 1 aromatic heterocycles. The Morgan fingerprint density at radius 2 is 2.20 bits per heavy atom. The van der Waals surface area contributed by atoms with Crippen LogP contribution < -0.4 is 5.32 Å². The molecule has 20 heavy (non-hydrogen) atoms. The molecule has 1 spiro atoms. The monoisotopic (exact) mass is 359 g/mol. The maximum absolute atomic E-state index is 6.16. The van der Waals surface area contributed by atoms with Gasteiger partial charge >= 0.3 is 0 Å². The largest absolute Gasteiger partial charge is 0.381 e. The average Bonchev–Trinajstić information content (AvgIpc) is 2.87. The quantitative estimate of drug-likeness (QED) is 0.891. The van der Waals surface area contributed by atoms with E-state index in [0.717, 1.165) is 45.5 Å². The topological polar surface area (TPSA) is 30.5 Å². The van der Waals surface area contributed by atoms with Crippen molar-refractivity contribution in [3.63, 3.8) is 0 Å². The van der Waals surface area contributed by atoms with Crippen LogP contribution >= 0.6 is 27.3 Å². The van der Waals surface area contributed by atoms with Gasteiger partial charge in [0.25, 0.3) is 0 Å². The Balaban J connectivity index is 1.76. The second-order valence-electron chi connectivity index (χ2n) is 5.80. The van der Waals surface area contributed by atoms with E-state index < -0.39 is 0 Å². The fourth-order valence-corrected chi connectivity index (χ4v) is 5.37. The van der Waals surface area contributed by atoms with Crippen LogP contribution in [-0.4, -0.2) is 32.5 Å². The summed E-state index contributed by atoms with van der Waals surface area (Å²) in [6.07, 6.45) is 4.38. The zero-order valence-corrected chi connectivity index (χ0v) is 14.3. The van der Waals surface area contributed by atoms with Gasteiger partial charge in [-0.1, -0.05) is 0 Å². The lowest BCUT2D eigenvalue weighted by Gasteiger charge is -2.45. The van der Waals surface area contributed by atoms with Crippen LogP contribution in [0.25, 0.3) is 0 Å². The number of thiophene rings is 1. The molecule has 3 rings (SSSR count). The lowest BCUT2D eigenvalue weighted by atomic mass is 9.77. The third-order valence-corrected chi connectivity index (χ3v) is 6.60. The molecule has 1 aromatic rings. The first-order chi connectivity index (χ1) is 9.74. The summed E-state index contributed by atoms with van der Waals surface area (Å²) in [5, 5.41) is 5.69. The van der Waals surface area contributed by atoms with Crippen LogP contribution in [0.4, 0.5) is 0 Å². The average molecular weight is 360 g/mol.